The summed E-state index contributed by atoms with van der Waals surface area (Å²) >= 11 is 0. The SMILES string of the molecule is CCn1ccnc1CNc1ccc(OC)c(F)c1. The molecular formula is C13H16FN3O. The van der Waals surface area contributed by atoms with Gasteiger partial charge < -0.3 is 14.6 Å². The van der Waals surface area contributed by atoms with Crippen molar-refractivity contribution < 1.29 is 9.13 Å². The molecule has 0 spiro atoms. The molecule has 5 heteroatoms. The first-order valence-corrected chi connectivity index (χ1v) is 5.82. The van der Waals surface area contributed by atoms with Crippen molar-refractivity contribution in [2.75, 3.05) is 12.4 Å². The van der Waals surface area contributed by atoms with Gasteiger partial charge in [0.25, 0.3) is 0 Å². The molecule has 96 valence electrons. The number of nitrogens with one attached hydrogen (secondary N) is 1. The van der Waals surface area contributed by atoms with Gasteiger partial charge in [0.1, 0.15) is 5.82 Å². The quantitative estimate of drug-likeness (QED) is 0.885. The van der Waals surface area contributed by atoms with Crippen LogP contribution in [0.1, 0.15) is 12.7 Å². The number of imidazole rings is 1. The summed E-state index contributed by atoms with van der Waals surface area (Å²) in [5, 5.41) is 3.14. The molecule has 0 saturated carbocycles. The van der Waals surface area contributed by atoms with E-state index >= 15 is 0 Å². The normalized spacial score (nSPS) is 10.4. The van der Waals surface area contributed by atoms with E-state index in [1.54, 1.807) is 18.3 Å². The second-order valence-corrected chi connectivity index (χ2v) is 3.83. The topological polar surface area (TPSA) is 39.1 Å². The van der Waals surface area contributed by atoms with Crippen LogP contribution < -0.4 is 10.1 Å². The van der Waals surface area contributed by atoms with Crippen molar-refractivity contribution in [1.82, 2.24) is 9.55 Å². The molecule has 2 aromatic rings. The van der Waals surface area contributed by atoms with Gasteiger partial charge in [-0.05, 0) is 19.1 Å². The van der Waals surface area contributed by atoms with Crippen molar-refractivity contribution in [2.24, 2.45) is 0 Å². The third-order valence-corrected chi connectivity index (χ3v) is 2.74. The Hall–Kier alpha value is -2.04. The highest BCUT2D eigenvalue weighted by Crippen LogP contribution is 2.20. The molecule has 1 N–H and O–H groups in total. The molecule has 0 aliphatic heterocycles. The number of rotatable bonds is 5. The first-order chi connectivity index (χ1) is 8.74. The highest BCUT2D eigenvalue weighted by Gasteiger charge is 2.04. The average molecular weight is 249 g/mol. The zero-order valence-corrected chi connectivity index (χ0v) is 10.5. The van der Waals surface area contributed by atoms with E-state index in [0.717, 1.165) is 12.4 Å². The van der Waals surface area contributed by atoms with Gasteiger partial charge >= 0.3 is 0 Å². The van der Waals surface area contributed by atoms with E-state index in [-0.39, 0.29) is 11.6 Å². The fourth-order valence-electron chi connectivity index (χ4n) is 1.75. The Morgan fingerprint density at radius 2 is 2.28 bits per heavy atom. The van der Waals surface area contributed by atoms with Crippen molar-refractivity contribution in [3.05, 3.63) is 42.2 Å². The number of aryl methyl sites for hydroxylation is 1. The number of halogens is 1. The summed E-state index contributed by atoms with van der Waals surface area (Å²) < 4.78 is 20.4. The van der Waals surface area contributed by atoms with E-state index in [0.29, 0.717) is 12.2 Å². The van der Waals surface area contributed by atoms with E-state index in [2.05, 4.69) is 17.2 Å². The fraction of sp³-hybridized carbons (Fsp3) is 0.308. The van der Waals surface area contributed by atoms with Crippen LogP contribution in [0.3, 0.4) is 0 Å². The molecule has 4 nitrogen and oxygen atoms in total. The van der Waals surface area contributed by atoms with E-state index < -0.39 is 0 Å². The number of ether oxygens (including phenoxy) is 1. The molecule has 0 aliphatic carbocycles. The van der Waals surface area contributed by atoms with Gasteiger partial charge in [-0.3, -0.25) is 0 Å². The third kappa shape index (κ3) is 2.61. The molecule has 18 heavy (non-hydrogen) atoms. The molecule has 1 aromatic heterocycles. The van der Waals surface area contributed by atoms with Crippen LogP contribution >= 0.6 is 0 Å². The lowest BCUT2D eigenvalue weighted by molar-refractivity contribution is 0.386. The molecule has 0 fully saturated rings. The summed E-state index contributed by atoms with van der Waals surface area (Å²) in [6.07, 6.45) is 3.68. The Morgan fingerprint density at radius 3 is 2.94 bits per heavy atom. The monoisotopic (exact) mass is 249 g/mol. The van der Waals surface area contributed by atoms with E-state index in [9.17, 15) is 4.39 Å². The number of hydrogen-bond donors (Lipinski definition) is 1. The van der Waals surface area contributed by atoms with Crippen molar-refractivity contribution >= 4 is 5.69 Å². The van der Waals surface area contributed by atoms with Crippen LogP contribution in [-0.4, -0.2) is 16.7 Å². The van der Waals surface area contributed by atoms with Crippen LogP contribution in [0.25, 0.3) is 0 Å². The minimum absolute atomic E-state index is 0.246. The lowest BCUT2D eigenvalue weighted by Crippen LogP contribution is -2.07. The molecule has 0 aliphatic rings. The minimum Gasteiger partial charge on any atom is -0.494 e. The zero-order chi connectivity index (χ0) is 13.0. The maximum Gasteiger partial charge on any atom is 0.167 e. The Balaban J connectivity index is 2.04. The summed E-state index contributed by atoms with van der Waals surface area (Å²) in [5.74, 6) is 0.797. The predicted octanol–water partition coefficient (Wildman–Crippen LogP) is 2.66. The van der Waals surface area contributed by atoms with Crippen molar-refractivity contribution in [3.63, 3.8) is 0 Å². The summed E-state index contributed by atoms with van der Waals surface area (Å²) in [4.78, 5) is 4.24. The predicted molar refractivity (Wildman–Crippen MR) is 68.2 cm³/mol. The molecule has 0 unspecified atom stereocenters. The van der Waals surface area contributed by atoms with Crippen LogP contribution in [0, 0.1) is 5.82 Å². The van der Waals surface area contributed by atoms with Gasteiger partial charge in [-0.15, -0.1) is 0 Å². The highest BCUT2D eigenvalue weighted by molar-refractivity contribution is 5.47. The lowest BCUT2D eigenvalue weighted by Gasteiger charge is -2.09. The number of hydrogen-bond acceptors (Lipinski definition) is 3. The summed E-state index contributed by atoms with van der Waals surface area (Å²) in [6, 6.07) is 4.79. The number of benzene rings is 1. The van der Waals surface area contributed by atoms with Crippen molar-refractivity contribution in [3.8, 4) is 5.75 Å². The first-order valence-electron chi connectivity index (χ1n) is 5.82. The maximum atomic E-state index is 13.5. The minimum atomic E-state index is -0.374. The number of anilines is 1. The number of nitrogens with zero attached hydrogens (tertiary/aromatic N) is 2. The fourth-order valence-corrected chi connectivity index (χ4v) is 1.75. The summed E-state index contributed by atoms with van der Waals surface area (Å²) in [7, 11) is 1.45. The molecule has 1 aromatic carbocycles. The Morgan fingerprint density at radius 1 is 1.44 bits per heavy atom. The van der Waals surface area contributed by atoms with E-state index in [1.165, 1.54) is 13.2 Å². The third-order valence-electron chi connectivity index (χ3n) is 2.74. The van der Waals surface area contributed by atoms with Gasteiger partial charge in [0.2, 0.25) is 0 Å². The standard InChI is InChI=1S/C13H16FN3O/c1-3-17-7-6-15-13(17)9-16-10-4-5-12(18-2)11(14)8-10/h4-8,16H,3,9H2,1-2H3. The number of aromatic nitrogens is 2. The lowest BCUT2D eigenvalue weighted by atomic mass is 10.3. The average Bonchev–Trinajstić information content (AvgIpc) is 2.84. The van der Waals surface area contributed by atoms with Gasteiger partial charge in [0.15, 0.2) is 11.6 Å². The van der Waals surface area contributed by atoms with Crippen LogP contribution in [0.15, 0.2) is 30.6 Å². The molecular weight excluding hydrogens is 233 g/mol. The second-order valence-electron chi connectivity index (χ2n) is 3.83. The molecule has 0 atom stereocenters. The van der Waals surface area contributed by atoms with Gasteiger partial charge in [0.05, 0.1) is 13.7 Å². The van der Waals surface area contributed by atoms with Gasteiger partial charge in [-0.1, -0.05) is 0 Å². The Bertz CT molecular complexity index is 525. The van der Waals surface area contributed by atoms with Crippen LogP contribution in [0.2, 0.25) is 0 Å². The summed E-state index contributed by atoms with van der Waals surface area (Å²) in [5.41, 5.74) is 0.707. The molecule has 0 saturated heterocycles. The maximum absolute atomic E-state index is 13.5. The van der Waals surface area contributed by atoms with Crippen LogP contribution in [-0.2, 0) is 13.1 Å². The highest BCUT2D eigenvalue weighted by atomic mass is 19.1. The Labute approximate surface area is 105 Å². The van der Waals surface area contributed by atoms with Gasteiger partial charge in [-0.25, -0.2) is 9.37 Å². The largest absolute Gasteiger partial charge is 0.494 e. The summed E-state index contributed by atoms with van der Waals surface area (Å²) in [6.45, 7) is 3.48. The van der Waals surface area contributed by atoms with Gasteiger partial charge in [-0.2, -0.15) is 0 Å². The van der Waals surface area contributed by atoms with Crippen LogP contribution in [0.4, 0.5) is 10.1 Å². The zero-order valence-electron chi connectivity index (χ0n) is 10.5. The van der Waals surface area contributed by atoms with E-state index in [4.69, 9.17) is 4.74 Å². The molecule has 1 heterocycles. The smallest absolute Gasteiger partial charge is 0.167 e. The molecule has 0 bridgehead atoms. The van der Waals surface area contributed by atoms with Crippen LogP contribution in [0.5, 0.6) is 5.75 Å². The Kier molecular flexibility index (Phi) is 3.82. The molecule has 0 amide bonds. The molecule has 0 radical (unpaired) electrons. The number of methoxy groups -OCH3 is 1. The second kappa shape index (κ2) is 5.53. The van der Waals surface area contributed by atoms with E-state index in [1.807, 2.05) is 10.8 Å². The van der Waals surface area contributed by atoms with Crippen molar-refractivity contribution in [2.45, 2.75) is 20.0 Å². The first kappa shape index (κ1) is 12.4. The van der Waals surface area contributed by atoms with Crippen molar-refractivity contribution in [1.29, 1.82) is 0 Å². The van der Waals surface area contributed by atoms with Gasteiger partial charge in [0, 0.05) is 30.7 Å². The molecule has 2 rings (SSSR count).